The zero-order valence-electron chi connectivity index (χ0n) is 16.2. The minimum absolute atomic E-state index is 0.0837. The van der Waals surface area contributed by atoms with Crippen molar-refractivity contribution in [3.8, 4) is 11.3 Å². The molecule has 0 saturated heterocycles. The smallest absolute Gasteiger partial charge is 0.267 e. The Morgan fingerprint density at radius 3 is 2.20 bits per heavy atom. The van der Waals surface area contributed by atoms with Crippen molar-refractivity contribution >= 4 is 41.1 Å². The van der Waals surface area contributed by atoms with Gasteiger partial charge >= 0.3 is 0 Å². The molecule has 0 aliphatic carbocycles. The molecule has 3 aromatic rings. The van der Waals surface area contributed by atoms with E-state index in [4.69, 9.17) is 27.6 Å². The van der Waals surface area contributed by atoms with E-state index in [9.17, 15) is 9.59 Å². The van der Waals surface area contributed by atoms with Crippen molar-refractivity contribution in [1.29, 1.82) is 0 Å². The van der Waals surface area contributed by atoms with Crippen molar-refractivity contribution in [2.24, 2.45) is 0 Å². The van der Waals surface area contributed by atoms with Gasteiger partial charge in [-0.3, -0.25) is 9.59 Å². The number of carbonyl (C=O) groups excluding carboxylic acids is 2. The summed E-state index contributed by atoms with van der Waals surface area (Å²) in [5.41, 5.74) is 1.32. The summed E-state index contributed by atoms with van der Waals surface area (Å²) < 4.78 is 5.83. The number of carbonyl (C=O) groups is 2. The summed E-state index contributed by atoms with van der Waals surface area (Å²) in [5, 5.41) is 6.57. The van der Waals surface area contributed by atoms with Crippen molar-refractivity contribution in [2.75, 3.05) is 6.54 Å². The van der Waals surface area contributed by atoms with Crippen LogP contribution in [0.4, 0.5) is 0 Å². The minimum atomic E-state index is -0.422. The molecular formula is C23H20Cl2N2O3. The number of halogens is 2. The standard InChI is InChI=1S/C23H20Cl2N2O3/c1-2-13-26-23(29)20(27-22(28)16-5-9-18(25)10-6-16)14-19-11-12-21(30-19)15-3-7-17(24)8-4-15/h3-12,14H,2,13H2,1H3,(H,26,29)(H,27,28)/b20-14-. The molecule has 0 aliphatic heterocycles. The minimum Gasteiger partial charge on any atom is -0.457 e. The van der Waals surface area contributed by atoms with E-state index < -0.39 is 11.8 Å². The van der Waals surface area contributed by atoms with Gasteiger partial charge in [0.15, 0.2) is 0 Å². The number of hydrogen-bond acceptors (Lipinski definition) is 3. The predicted octanol–water partition coefficient (Wildman–Crippen LogP) is 5.55. The molecule has 5 nitrogen and oxygen atoms in total. The highest BCUT2D eigenvalue weighted by Crippen LogP contribution is 2.24. The molecule has 2 aromatic carbocycles. The third-order valence-corrected chi connectivity index (χ3v) is 4.68. The lowest BCUT2D eigenvalue weighted by molar-refractivity contribution is -0.117. The van der Waals surface area contributed by atoms with Gasteiger partial charge in [-0.2, -0.15) is 0 Å². The van der Waals surface area contributed by atoms with E-state index >= 15 is 0 Å². The normalized spacial score (nSPS) is 11.2. The Balaban J connectivity index is 1.85. The molecule has 7 heteroatoms. The van der Waals surface area contributed by atoms with Crippen LogP contribution in [0.5, 0.6) is 0 Å². The summed E-state index contributed by atoms with van der Waals surface area (Å²) in [5.74, 6) is 0.228. The van der Waals surface area contributed by atoms with Crippen LogP contribution in [-0.4, -0.2) is 18.4 Å². The third kappa shape index (κ3) is 5.75. The van der Waals surface area contributed by atoms with Crippen LogP contribution < -0.4 is 10.6 Å². The second-order valence-electron chi connectivity index (χ2n) is 6.48. The number of rotatable bonds is 7. The van der Waals surface area contributed by atoms with E-state index in [-0.39, 0.29) is 5.70 Å². The molecule has 2 N–H and O–H groups in total. The number of nitrogens with one attached hydrogen (secondary N) is 2. The first-order chi connectivity index (χ1) is 14.5. The van der Waals surface area contributed by atoms with Crippen LogP contribution >= 0.6 is 23.2 Å². The third-order valence-electron chi connectivity index (χ3n) is 4.18. The Morgan fingerprint density at radius 1 is 0.933 bits per heavy atom. The highest BCUT2D eigenvalue weighted by molar-refractivity contribution is 6.31. The molecule has 1 heterocycles. The first-order valence-corrected chi connectivity index (χ1v) is 10.1. The lowest BCUT2D eigenvalue weighted by Gasteiger charge is -2.10. The predicted molar refractivity (Wildman–Crippen MR) is 119 cm³/mol. The Hall–Kier alpha value is -3.02. The fourth-order valence-corrected chi connectivity index (χ4v) is 2.88. The summed E-state index contributed by atoms with van der Waals surface area (Å²) >= 11 is 11.8. The molecule has 0 radical (unpaired) electrons. The van der Waals surface area contributed by atoms with Crippen LogP contribution in [0.25, 0.3) is 17.4 Å². The molecular weight excluding hydrogens is 423 g/mol. The van der Waals surface area contributed by atoms with Gasteiger partial charge in [0.2, 0.25) is 0 Å². The highest BCUT2D eigenvalue weighted by Gasteiger charge is 2.15. The summed E-state index contributed by atoms with van der Waals surface area (Å²) in [6, 6.07) is 17.1. The van der Waals surface area contributed by atoms with Gasteiger partial charge in [0.1, 0.15) is 17.2 Å². The molecule has 0 spiro atoms. The van der Waals surface area contributed by atoms with Gasteiger partial charge < -0.3 is 15.1 Å². The molecule has 0 atom stereocenters. The molecule has 1 aromatic heterocycles. The molecule has 2 amide bonds. The van der Waals surface area contributed by atoms with Crippen LogP contribution in [0, 0.1) is 0 Å². The monoisotopic (exact) mass is 442 g/mol. The van der Waals surface area contributed by atoms with Crippen molar-refractivity contribution in [3.63, 3.8) is 0 Å². The van der Waals surface area contributed by atoms with Crippen LogP contribution in [0.2, 0.25) is 10.0 Å². The first kappa shape index (κ1) is 21.7. The fourth-order valence-electron chi connectivity index (χ4n) is 2.63. The number of benzene rings is 2. The van der Waals surface area contributed by atoms with Crippen molar-refractivity contribution < 1.29 is 14.0 Å². The van der Waals surface area contributed by atoms with Gasteiger partial charge in [0.25, 0.3) is 11.8 Å². The van der Waals surface area contributed by atoms with Gasteiger partial charge in [-0.15, -0.1) is 0 Å². The fraction of sp³-hybridized carbons (Fsp3) is 0.130. The quantitative estimate of drug-likeness (QED) is 0.471. The average Bonchev–Trinajstić information content (AvgIpc) is 3.21. The second kappa shape index (κ2) is 10.1. The van der Waals surface area contributed by atoms with Gasteiger partial charge in [-0.05, 0) is 67.1 Å². The SMILES string of the molecule is CCCNC(=O)/C(=C/c1ccc(-c2ccc(Cl)cc2)o1)NC(=O)c1ccc(Cl)cc1. The molecule has 0 aliphatic rings. The lowest BCUT2D eigenvalue weighted by atomic mass is 10.2. The van der Waals surface area contributed by atoms with Gasteiger partial charge in [-0.1, -0.05) is 30.1 Å². The largest absolute Gasteiger partial charge is 0.457 e. The van der Waals surface area contributed by atoms with E-state index in [1.807, 2.05) is 19.1 Å². The lowest BCUT2D eigenvalue weighted by Crippen LogP contribution is -2.35. The van der Waals surface area contributed by atoms with E-state index in [0.717, 1.165) is 12.0 Å². The summed E-state index contributed by atoms with van der Waals surface area (Å²) in [6.07, 6.45) is 2.27. The van der Waals surface area contributed by atoms with E-state index in [0.29, 0.717) is 33.7 Å². The van der Waals surface area contributed by atoms with Gasteiger partial charge in [0, 0.05) is 33.8 Å². The zero-order valence-corrected chi connectivity index (χ0v) is 17.8. The highest BCUT2D eigenvalue weighted by atomic mass is 35.5. The number of furan rings is 1. The summed E-state index contributed by atoms with van der Waals surface area (Å²) in [6.45, 7) is 2.43. The van der Waals surface area contributed by atoms with Gasteiger partial charge in [0.05, 0.1) is 0 Å². The molecule has 0 bridgehead atoms. The maximum absolute atomic E-state index is 12.6. The van der Waals surface area contributed by atoms with Gasteiger partial charge in [-0.25, -0.2) is 0 Å². The maximum atomic E-state index is 12.6. The van der Waals surface area contributed by atoms with Crippen molar-refractivity contribution in [3.05, 3.63) is 87.7 Å². The molecule has 3 rings (SSSR count). The van der Waals surface area contributed by atoms with Crippen molar-refractivity contribution in [2.45, 2.75) is 13.3 Å². The average molecular weight is 443 g/mol. The zero-order chi connectivity index (χ0) is 21.5. The van der Waals surface area contributed by atoms with Crippen LogP contribution in [-0.2, 0) is 4.79 Å². The first-order valence-electron chi connectivity index (χ1n) is 9.39. The number of amides is 2. The second-order valence-corrected chi connectivity index (χ2v) is 7.36. The summed E-state index contributed by atoms with van der Waals surface area (Å²) in [4.78, 5) is 25.1. The van der Waals surface area contributed by atoms with Crippen LogP contribution in [0.3, 0.4) is 0 Å². The Morgan fingerprint density at radius 2 is 1.57 bits per heavy atom. The van der Waals surface area contributed by atoms with E-state index in [1.54, 1.807) is 48.5 Å². The Bertz CT molecular complexity index is 1050. The summed E-state index contributed by atoms with van der Waals surface area (Å²) in [7, 11) is 0. The molecule has 0 unspecified atom stereocenters. The molecule has 0 saturated carbocycles. The maximum Gasteiger partial charge on any atom is 0.267 e. The molecule has 154 valence electrons. The van der Waals surface area contributed by atoms with E-state index in [1.165, 1.54) is 6.08 Å². The topological polar surface area (TPSA) is 71.3 Å². The Labute approximate surface area is 184 Å². The number of hydrogen-bond donors (Lipinski definition) is 2. The van der Waals surface area contributed by atoms with Crippen LogP contribution in [0.1, 0.15) is 29.5 Å². The van der Waals surface area contributed by atoms with Crippen LogP contribution in [0.15, 0.2) is 70.8 Å². The molecule has 30 heavy (non-hydrogen) atoms. The van der Waals surface area contributed by atoms with Crippen molar-refractivity contribution in [1.82, 2.24) is 10.6 Å². The molecule has 0 fully saturated rings. The van der Waals surface area contributed by atoms with E-state index in [2.05, 4.69) is 10.6 Å². The Kier molecular flexibility index (Phi) is 7.33.